The van der Waals surface area contributed by atoms with Gasteiger partial charge >= 0.3 is 0 Å². The molecule has 1 saturated heterocycles. The molecule has 0 saturated carbocycles. The number of imidazole rings is 1. The molecule has 29 heavy (non-hydrogen) atoms. The van der Waals surface area contributed by atoms with Crippen molar-refractivity contribution in [3.8, 4) is 5.75 Å². The van der Waals surface area contributed by atoms with Crippen LogP contribution in [0, 0.1) is 11.6 Å². The molecule has 0 amide bonds. The van der Waals surface area contributed by atoms with Crippen molar-refractivity contribution < 1.29 is 17.9 Å². The zero-order valence-electron chi connectivity index (χ0n) is 15.7. The Morgan fingerprint density at radius 1 is 1.24 bits per heavy atom. The highest BCUT2D eigenvalue weighted by molar-refractivity contribution is 6.30. The maximum absolute atomic E-state index is 14.0. The van der Waals surface area contributed by atoms with Crippen LogP contribution in [0.5, 0.6) is 5.75 Å². The summed E-state index contributed by atoms with van der Waals surface area (Å²) in [4.78, 5) is 6.35. The van der Waals surface area contributed by atoms with Crippen LogP contribution in [0.4, 0.5) is 19.1 Å². The number of benzene rings is 2. The molecule has 1 aliphatic heterocycles. The van der Waals surface area contributed by atoms with Crippen LogP contribution in [0.25, 0.3) is 11.0 Å². The van der Waals surface area contributed by atoms with Gasteiger partial charge in [0.05, 0.1) is 30.7 Å². The van der Waals surface area contributed by atoms with E-state index in [1.807, 2.05) is 4.90 Å². The first-order chi connectivity index (χ1) is 13.9. The van der Waals surface area contributed by atoms with Gasteiger partial charge in [0.15, 0.2) is 11.6 Å². The van der Waals surface area contributed by atoms with Gasteiger partial charge in [-0.1, -0.05) is 17.7 Å². The number of nitrogens with zero attached hydrogens (tertiary/aromatic N) is 3. The summed E-state index contributed by atoms with van der Waals surface area (Å²) in [6, 6.07) is 6.73. The van der Waals surface area contributed by atoms with Crippen molar-refractivity contribution in [1.29, 1.82) is 0 Å². The Balaban J connectivity index is 1.83. The smallest absolute Gasteiger partial charge is 0.206 e. The van der Waals surface area contributed by atoms with Crippen LogP contribution >= 0.6 is 11.6 Å². The predicted molar refractivity (Wildman–Crippen MR) is 106 cm³/mol. The van der Waals surface area contributed by atoms with E-state index in [4.69, 9.17) is 22.1 Å². The molecule has 0 bridgehead atoms. The number of fused-ring (bicyclic) bond motifs is 1. The largest absolute Gasteiger partial charge is 0.496 e. The Kier molecular flexibility index (Phi) is 5.31. The summed E-state index contributed by atoms with van der Waals surface area (Å²) in [5.74, 6) is -0.902. The molecule has 1 aromatic heterocycles. The minimum atomic E-state index is -1.09. The van der Waals surface area contributed by atoms with E-state index in [1.54, 1.807) is 22.8 Å². The van der Waals surface area contributed by atoms with Crippen LogP contribution in [0.1, 0.15) is 12.0 Å². The van der Waals surface area contributed by atoms with E-state index in [2.05, 4.69) is 4.98 Å². The van der Waals surface area contributed by atoms with Crippen molar-refractivity contribution in [3.05, 3.63) is 52.6 Å². The normalized spacial score (nSPS) is 19.7. The molecule has 0 spiro atoms. The molecule has 154 valence electrons. The monoisotopic (exact) mass is 424 g/mol. The number of hydrogen-bond acceptors (Lipinski definition) is 4. The molecular weight excluding hydrogens is 405 g/mol. The zero-order chi connectivity index (χ0) is 20.7. The van der Waals surface area contributed by atoms with Gasteiger partial charge in [0, 0.05) is 35.8 Å². The minimum absolute atomic E-state index is 0.257. The maximum atomic E-state index is 14.0. The quantitative estimate of drug-likeness (QED) is 0.690. The van der Waals surface area contributed by atoms with Gasteiger partial charge in [0.1, 0.15) is 11.9 Å². The molecule has 0 radical (unpaired) electrons. The third-order valence-corrected chi connectivity index (χ3v) is 5.44. The van der Waals surface area contributed by atoms with Gasteiger partial charge in [-0.15, -0.1) is 0 Å². The molecule has 3 aromatic rings. The second kappa shape index (κ2) is 7.76. The number of alkyl halides is 1. The van der Waals surface area contributed by atoms with Crippen LogP contribution in [0.3, 0.4) is 0 Å². The Morgan fingerprint density at radius 2 is 2.00 bits per heavy atom. The fraction of sp³-hybridized carbons (Fsp3) is 0.350. The number of nitrogens with two attached hydrogens (primary N) is 1. The molecule has 0 aliphatic carbocycles. The topological polar surface area (TPSA) is 56.3 Å². The highest BCUT2D eigenvalue weighted by atomic mass is 35.5. The summed E-state index contributed by atoms with van der Waals surface area (Å²) in [5, 5.41) is 0.519. The van der Waals surface area contributed by atoms with E-state index in [0.29, 0.717) is 34.3 Å². The van der Waals surface area contributed by atoms with E-state index in [0.717, 1.165) is 17.7 Å². The lowest BCUT2D eigenvalue weighted by Gasteiger charge is -2.34. The van der Waals surface area contributed by atoms with Gasteiger partial charge in [-0.3, -0.25) is 0 Å². The van der Waals surface area contributed by atoms with Crippen LogP contribution in [0.15, 0.2) is 30.3 Å². The van der Waals surface area contributed by atoms with Crippen molar-refractivity contribution in [3.63, 3.8) is 0 Å². The van der Waals surface area contributed by atoms with E-state index >= 15 is 0 Å². The zero-order valence-corrected chi connectivity index (χ0v) is 16.5. The molecule has 1 fully saturated rings. The predicted octanol–water partition coefficient (Wildman–Crippen LogP) is 3.90. The summed E-state index contributed by atoms with van der Waals surface area (Å²) in [6.45, 7) is 0.941. The lowest BCUT2D eigenvalue weighted by molar-refractivity contribution is 0.243. The number of methoxy groups -OCH3 is 1. The van der Waals surface area contributed by atoms with Crippen LogP contribution in [-0.4, -0.2) is 42.0 Å². The second-order valence-corrected chi connectivity index (χ2v) is 7.56. The van der Waals surface area contributed by atoms with Gasteiger partial charge < -0.3 is 19.9 Å². The van der Waals surface area contributed by atoms with E-state index in [-0.39, 0.29) is 19.5 Å². The Morgan fingerprint density at radius 3 is 2.72 bits per heavy atom. The van der Waals surface area contributed by atoms with Crippen LogP contribution < -0.4 is 15.4 Å². The lowest BCUT2D eigenvalue weighted by Crippen LogP contribution is -2.50. The van der Waals surface area contributed by atoms with Crippen LogP contribution in [-0.2, 0) is 6.54 Å². The van der Waals surface area contributed by atoms with E-state index in [1.165, 1.54) is 7.11 Å². The van der Waals surface area contributed by atoms with Gasteiger partial charge in [-0.25, -0.2) is 18.2 Å². The number of ether oxygens (including phenoxy) is 1. The second-order valence-electron chi connectivity index (χ2n) is 7.12. The van der Waals surface area contributed by atoms with Gasteiger partial charge in [0.2, 0.25) is 5.95 Å². The molecule has 5 nitrogen and oxygen atoms in total. The molecule has 2 atom stereocenters. The Bertz CT molecular complexity index is 1060. The fourth-order valence-electron chi connectivity index (χ4n) is 3.66. The Labute approximate surface area is 170 Å². The number of hydrogen-bond donors (Lipinski definition) is 1. The van der Waals surface area contributed by atoms with Crippen LogP contribution in [0.2, 0.25) is 5.02 Å². The SMILES string of the molecule is COc1cc(Cl)ccc1Cn1c(N2CCC(F)C(N)C2)nc2cc(F)c(F)cc21. The molecule has 2 unspecified atom stereocenters. The molecular formula is C20H20ClF3N4O. The average Bonchev–Trinajstić information content (AvgIpc) is 3.03. The number of rotatable bonds is 4. The fourth-order valence-corrected chi connectivity index (χ4v) is 3.82. The first kappa shape index (κ1) is 19.8. The average molecular weight is 425 g/mol. The van der Waals surface area contributed by atoms with Gasteiger partial charge in [-0.05, 0) is 18.6 Å². The van der Waals surface area contributed by atoms with Crippen molar-refractivity contribution in [2.75, 3.05) is 25.1 Å². The summed E-state index contributed by atoms with van der Waals surface area (Å²) in [7, 11) is 1.53. The molecule has 2 N–H and O–H groups in total. The molecule has 9 heteroatoms. The molecule has 4 rings (SSSR count). The summed E-state index contributed by atoms with van der Waals surface area (Å²) in [6.07, 6.45) is -0.826. The summed E-state index contributed by atoms with van der Waals surface area (Å²) < 4.78 is 48.8. The van der Waals surface area contributed by atoms with Gasteiger partial charge in [0.25, 0.3) is 0 Å². The summed E-state index contributed by atoms with van der Waals surface area (Å²) >= 11 is 6.05. The highest BCUT2D eigenvalue weighted by Crippen LogP contribution is 2.31. The van der Waals surface area contributed by atoms with Gasteiger partial charge in [-0.2, -0.15) is 0 Å². The number of aromatic nitrogens is 2. The first-order valence-electron chi connectivity index (χ1n) is 9.19. The molecule has 1 aliphatic rings. The number of halogens is 4. The first-order valence-corrected chi connectivity index (χ1v) is 9.57. The Hall–Kier alpha value is -2.45. The van der Waals surface area contributed by atoms with Crippen molar-refractivity contribution in [2.45, 2.75) is 25.2 Å². The third kappa shape index (κ3) is 3.74. The number of piperidine rings is 1. The molecule has 2 heterocycles. The molecule has 2 aromatic carbocycles. The third-order valence-electron chi connectivity index (χ3n) is 5.20. The standard InChI is InChI=1S/C20H20ClF3N4O/c1-29-19-6-12(21)3-2-11(19)9-28-18-8-15(24)14(23)7-17(18)26-20(28)27-5-4-13(22)16(25)10-27/h2-3,6-8,13,16H,4-5,9-10,25H2,1H3. The van der Waals surface area contributed by atoms with Crippen molar-refractivity contribution in [2.24, 2.45) is 5.73 Å². The maximum Gasteiger partial charge on any atom is 0.206 e. The highest BCUT2D eigenvalue weighted by Gasteiger charge is 2.29. The van der Waals surface area contributed by atoms with Crippen molar-refractivity contribution in [1.82, 2.24) is 9.55 Å². The number of anilines is 1. The van der Waals surface area contributed by atoms with E-state index < -0.39 is 23.8 Å². The van der Waals surface area contributed by atoms with E-state index in [9.17, 15) is 13.2 Å². The summed E-state index contributed by atoms with van der Waals surface area (Å²) in [5.41, 5.74) is 7.42. The minimum Gasteiger partial charge on any atom is -0.496 e. The lowest BCUT2D eigenvalue weighted by atomic mass is 10.1. The van der Waals surface area contributed by atoms with Crippen molar-refractivity contribution >= 4 is 28.6 Å².